The third-order valence-electron chi connectivity index (χ3n) is 3.51. The minimum atomic E-state index is -0.336. The Hall–Kier alpha value is -2.89. The number of carbonyl (C=O) groups excluding carboxylic acids is 1. The average Bonchev–Trinajstić information content (AvgIpc) is 3.17. The smallest absolute Gasteiger partial charge is 0.272 e. The number of furan rings is 1. The molecule has 3 aromatic rings. The normalized spacial score (nSPS) is 10.7. The van der Waals surface area contributed by atoms with Crippen molar-refractivity contribution in [2.75, 3.05) is 0 Å². The minimum absolute atomic E-state index is 0.234. The molecule has 2 heterocycles. The SMILES string of the molecule is Cc1ccc(-c2cc(C(=O)NCc3ccc(C)c(F)c3)n[nH]2)o1. The van der Waals surface area contributed by atoms with Gasteiger partial charge < -0.3 is 9.73 Å². The first kappa shape index (κ1) is 15.0. The third kappa shape index (κ3) is 3.31. The molecule has 0 aliphatic rings. The topological polar surface area (TPSA) is 70.9 Å². The number of benzene rings is 1. The molecule has 3 rings (SSSR count). The number of nitrogens with one attached hydrogen (secondary N) is 2. The molecule has 0 saturated heterocycles. The Bertz CT molecular complexity index is 851. The summed E-state index contributed by atoms with van der Waals surface area (Å²) in [5, 5.41) is 9.45. The lowest BCUT2D eigenvalue weighted by Crippen LogP contribution is -2.23. The lowest BCUT2D eigenvalue weighted by molar-refractivity contribution is 0.0946. The van der Waals surface area contributed by atoms with Crippen molar-refractivity contribution in [3.05, 3.63) is 64.8 Å². The molecule has 1 aromatic carbocycles. The van der Waals surface area contributed by atoms with Gasteiger partial charge in [-0.2, -0.15) is 5.10 Å². The Balaban J connectivity index is 1.66. The van der Waals surface area contributed by atoms with E-state index in [9.17, 15) is 9.18 Å². The molecule has 5 nitrogen and oxygen atoms in total. The van der Waals surface area contributed by atoms with Gasteiger partial charge in [-0.1, -0.05) is 12.1 Å². The number of aromatic amines is 1. The van der Waals surface area contributed by atoms with Crippen LogP contribution in [0.2, 0.25) is 0 Å². The Morgan fingerprint density at radius 1 is 1.26 bits per heavy atom. The first-order valence-corrected chi connectivity index (χ1v) is 7.18. The van der Waals surface area contributed by atoms with Crippen molar-refractivity contribution in [1.29, 1.82) is 0 Å². The number of hydrogen-bond donors (Lipinski definition) is 2. The Kier molecular flexibility index (Phi) is 3.97. The zero-order chi connectivity index (χ0) is 16.4. The second kappa shape index (κ2) is 6.08. The zero-order valence-corrected chi connectivity index (χ0v) is 12.8. The predicted octanol–water partition coefficient (Wildman–Crippen LogP) is 3.36. The minimum Gasteiger partial charge on any atom is -0.460 e. The lowest BCUT2D eigenvalue weighted by atomic mass is 10.1. The highest BCUT2D eigenvalue weighted by molar-refractivity contribution is 5.93. The molecule has 1 amide bonds. The summed E-state index contributed by atoms with van der Waals surface area (Å²) in [6, 6.07) is 10.1. The molecular weight excluding hydrogens is 297 g/mol. The van der Waals surface area contributed by atoms with E-state index in [1.807, 2.05) is 13.0 Å². The van der Waals surface area contributed by atoms with E-state index in [0.717, 1.165) is 5.76 Å². The van der Waals surface area contributed by atoms with E-state index in [2.05, 4.69) is 15.5 Å². The Morgan fingerprint density at radius 2 is 2.09 bits per heavy atom. The molecule has 0 spiro atoms. The van der Waals surface area contributed by atoms with Gasteiger partial charge in [0.05, 0.1) is 0 Å². The second-order valence-electron chi connectivity index (χ2n) is 5.34. The Morgan fingerprint density at radius 3 is 2.78 bits per heavy atom. The number of carbonyl (C=O) groups is 1. The van der Waals surface area contributed by atoms with Gasteiger partial charge in [-0.25, -0.2) is 4.39 Å². The monoisotopic (exact) mass is 313 g/mol. The van der Waals surface area contributed by atoms with Crippen LogP contribution in [0.3, 0.4) is 0 Å². The molecule has 0 bridgehead atoms. The van der Waals surface area contributed by atoms with E-state index in [1.54, 1.807) is 31.2 Å². The molecule has 0 aliphatic carbocycles. The first-order chi connectivity index (χ1) is 11.0. The predicted molar refractivity (Wildman–Crippen MR) is 83.3 cm³/mol. The standard InChI is InChI=1S/C17H16FN3O2/c1-10-3-5-12(7-13(10)18)9-19-17(22)15-8-14(20-21-15)16-6-4-11(2)23-16/h3-8H,9H2,1-2H3,(H,19,22)(H,20,21). The molecule has 118 valence electrons. The number of aromatic nitrogens is 2. The van der Waals surface area contributed by atoms with Gasteiger partial charge in [0, 0.05) is 12.6 Å². The van der Waals surface area contributed by atoms with Gasteiger partial charge in [0.15, 0.2) is 11.5 Å². The fourth-order valence-corrected chi connectivity index (χ4v) is 2.16. The highest BCUT2D eigenvalue weighted by Gasteiger charge is 2.13. The summed E-state index contributed by atoms with van der Waals surface area (Å²) in [4.78, 5) is 12.1. The number of amides is 1. The van der Waals surface area contributed by atoms with E-state index in [-0.39, 0.29) is 24.0 Å². The summed E-state index contributed by atoms with van der Waals surface area (Å²) in [6.45, 7) is 3.77. The molecule has 0 unspecified atom stereocenters. The van der Waals surface area contributed by atoms with Gasteiger partial charge in [0.25, 0.3) is 5.91 Å². The van der Waals surface area contributed by atoms with Crippen LogP contribution in [0.25, 0.3) is 11.5 Å². The first-order valence-electron chi connectivity index (χ1n) is 7.18. The maximum atomic E-state index is 13.5. The van der Waals surface area contributed by atoms with Crippen molar-refractivity contribution < 1.29 is 13.6 Å². The maximum absolute atomic E-state index is 13.5. The number of rotatable bonds is 4. The number of nitrogens with zero attached hydrogens (tertiary/aromatic N) is 1. The molecule has 6 heteroatoms. The van der Waals surface area contributed by atoms with Crippen molar-refractivity contribution in [2.45, 2.75) is 20.4 Å². The van der Waals surface area contributed by atoms with Gasteiger partial charge in [0.1, 0.15) is 17.3 Å². The van der Waals surface area contributed by atoms with Crippen molar-refractivity contribution in [3.8, 4) is 11.5 Å². The van der Waals surface area contributed by atoms with E-state index in [4.69, 9.17) is 4.42 Å². The van der Waals surface area contributed by atoms with Crippen LogP contribution < -0.4 is 5.32 Å². The zero-order valence-electron chi connectivity index (χ0n) is 12.8. The number of halogens is 1. The summed E-state index contributed by atoms with van der Waals surface area (Å²) in [7, 11) is 0. The van der Waals surface area contributed by atoms with E-state index in [0.29, 0.717) is 22.6 Å². The Labute approximate surface area is 132 Å². The third-order valence-corrected chi connectivity index (χ3v) is 3.51. The number of H-pyrrole nitrogens is 1. The lowest BCUT2D eigenvalue weighted by Gasteiger charge is -2.04. The largest absolute Gasteiger partial charge is 0.460 e. The molecule has 0 fully saturated rings. The van der Waals surface area contributed by atoms with Crippen LogP contribution in [0, 0.1) is 19.7 Å². The number of hydrogen-bond acceptors (Lipinski definition) is 3. The van der Waals surface area contributed by atoms with Crippen LogP contribution in [0.15, 0.2) is 40.8 Å². The van der Waals surface area contributed by atoms with E-state index < -0.39 is 0 Å². The molecule has 2 aromatic heterocycles. The van der Waals surface area contributed by atoms with Crippen LogP contribution in [0.5, 0.6) is 0 Å². The molecule has 2 N–H and O–H groups in total. The van der Waals surface area contributed by atoms with Crippen LogP contribution in [-0.2, 0) is 6.54 Å². The molecule has 0 saturated carbocycles. The maximum Gasteiger partial charge on any atom is 0.272 e. The van der Waals surface area contributed by atoms with E-state index in [1.165, 1.54) is 6.07 Å². The van der Waals surface area contributed by atoms with Crippen LogP contribution >= 0.6 is 0 Å². The van der Waals surface area contributed by atoms with Gasteiger partial charge in [-0.3, -0.25) is 9.89 Å². The second-order valence-corrected chi connectivity index (χ2v) is 5.34. The average molecular weight is 313 g/mol. The fraction of sp³-hybridized carbons (Fsp3) is 0.176. The summed E-state index contributed by atoms with van der Waals surface area (Å²) < 4.78 is 19.0. The fourth-order valence-electron chi connectivity index (χ4n) is 2.16. The summed E-state index contributed by atoms with van der Waals surface area (Å²) >= 11 is 0. The highest BCUT2D eigenvalue weighted by atomic mass is 19.1. The van der Waals surface area contributed by atoms with Crippen LogP contribution in [-0.4, -0.2) is 16.1 Å². The summed E-state index contributed by atoms with van der Waals surface area (Å²) in [5.74, 6) is 0.778. The quantitative estimate of drug-likeness (QED) is 0.776. The highest BCUT2D eigenvalue weighted by Crippen LogP contribution is 2.20. The number of aryl methyl sites for hydroxylation is 2. The van der Waals surface area contributed by atoms with Gasteiger partial charge in [-0.05, 0) is 43.2 Å². The molecular formula is C17H16FN3O2. The van der Waals surface area contributed by atoms with Crippen molar-refractivity contribution in [1.82, 2.24) is 15.5 Å². The van der Waals surface area contributed by atoms with Gasteiger partial charge in [0.2, 0.25) is 0 Å². The summed E-state index contributed by atoms with van der Waals surface area (Å²) in [5.41, 5.74) is 2.15. The van der Waals surface area contributed by atoms with Crippen molar-refractivity contribution in [2.24, 2.45) is 0 Å². The summed E-state index contributed by atoms with van der Waals surface area (Å²) in [6.07, 6.45) is 0. The molecule has 23 heavy (non-hydrogen) atoms. The van der Waals surface area contributed by atoms with E-state index >= 15 is 0 Å². The molecule has 0 aliphatic heterocycles. The van der Waals surface area contributed by atoms with Gasteiger partial charge >= 0.3 is 0 Å². The van der Waals surface area contributed by atoms with Crippen LogP contribution in [0.4, 0.5) is 4.39 Å². The van der Waals surface area contributed by atoms with Gasteiger partial charge in [-0.15, -0.1) is 0 Å². The van der Waals surface area contributed by atoms with Crippen molar-refractivity contribution in [3.63, 3.8) is 0 Å². The van der Waals surface area contributed by atoms with Crippen LogP contribution in [0.1, 0.15) is 27.4 Å². The van der Waals surface area contributed by atoms with Crippen molar-refractivity contribution >= 4 is 5.91 Å². The molecule has 0 radical (unpaired) electrons. The molecule has 0 atom stereocenters.